The fourth-order valence-electron chi connectivity index (χ4n) is 3.24. The first-order chi connectivity index (χ1) is 16.8. The highest BCUT2D eigenvalue weighted by Crippen LogP contribution is 2.26. The van der Waals surface area contributed by atoms with Crippen molar-refractivity contribution in [1.29, 1.82) is 0 Å². The van der Waals surface area contributed by atoms with Gasteiger partial charge in [-0.05, 0) is 47.5 Å². The molecule has 6 N–H and O–H groups in total. The Morgan fingerprint density at radius 2 is 1.54 bits per heavy atom. The van der Waals surface area contributed by atoms with Crippen molar-refractivity contribution in [2.45, 2.75) is 25.0 Å². The van der Waals surface area contributed by atoms with Crippen LogP contribution in [0.4, 0.5) is 0 Å². The number of hydrogen-bond donors (Lipinski definition) is 5. The van der Waals surface area contributed by atoms with Crippen molar-refractivity contribution in [2.24, 2.45) is 5.73 Å². The van der Waals surface area contributed by atoms with Gasteiger partial charge in [-0.1, -0.05) is 48.5 Å². The molecule has 1 atom stereocenters. The van der Waals surface area contributed by atoms with E-state index in [9.17, 15) is 4.79 Å². The van der Waals surface area contributed by atoms with Crippen molar-refractivity contribution in [3.63, 3.8) is 0 Å². The molecule has 8 nitrogen and oxygen atoms in total. The highest BCUT2D eigenvalue weighted by Gasteiger charge is 2.20. The number of nitrogens with zero attached hydrogens (tertiary/aromatic N) is 1. The Hall–Kier alpha value is -3.56. The lowest BCUT2D eigenvalue weighted by atomic mass is 9.98. The molecule has 4 aromatic rings. The number of para-hydroxylation sites is 1. The fourth-order valence-corrected chi connectivity index (χ4v) is 3.24. The number of carboxylic acids is 1. The van der Waals surface area contributed by atoms with Crippen molar-refractivity contribution >= 4 is 27.6 Å². The Labute approximate surface area is 203 Å². The van der Waals surface area contributed by atoms with Gasteiger partial charge in [0.15, 0.2) is 0 Å². The molecule has 0 aliphatic rings. The monoisotopic (exact) mass is 478 g/mol. The Morgan fingerprint density at radius 1 is 0.914 bits per heavy atom. The van der Waals surface area contributed by atoms with Crippen LogP contribution in [-0.2, 0) is 11.4 Å². The summed E-state index contributed by atoms with van der Waals surface area (Å²) in [6.45, 7) is 0.877. The van der Waals surface area contributed by atoms with E-state index in [0.717, 1.165) is 38.7 Å². The predicted octanol–water partition coefficient (Wildman–Crippen LogP) is 2.82. The number of carbonyl (C=O) groups is 1. The van der Waals surface area contributed by atoms with Crippen LogP contribution in [0.3, 0.4) is 0 Å². The molecule has 35 heavy (non-hydrogen) atoms. The van der Waals surface area contributed by atoms with E-state index in [0.29, 0.717) is 6.61 Å². The molecule has 0 aliphatic carbocycles. The number of pyridine rings is 1. The molecule has 1 heterocycles. The number of benzene rings is 3. The quantitative estimate of drug-likeness (QED) is 0.260. The first-order valence-corrected chi connectivity index (χ1v) is 11.1. The number of rotatable bonds is 8. The maximum Gasteiger partial charge on any atom is 0.310 e. The molecule has 4 rings (SSSR count). The Balaban J connectivity index is 0.000000371. The van der Waals surface area contributed by atoms with Gasteiger partial charge in [-0.15, -0.1) is 0 Å². The number of aliphatic hydroxyl groups excluding tert-OH is 3. The van der Waals surface area contributed by atoms with E-state index < -0.39 is 37.2 Å². The molecule has 0 bridgehead atoms. The summed E-state index contributed by atoms with van der Waals surface area (Å²) in [4.78, 5) is 15.8. The maximum absolute atomic E-state index is 11.2. The summed E-state index contributed by atoms with van der Waals surface area (Å²) in [6.07, 6.45) is 0. The Kier molecular flexibility index (Phi) is 8.73. The number of carboxylic acid groups (broad SMARTS) is 1. The first-order valence-electron chi connectivity index (χ1n) is 11.1. The molecule has 0 radical (unpaired) electrons. The third-order valence-corrected chi connectivity index (χ3v) is 5.69. The lowest BCUT2D eigenvalue weighted by molar-refractivity contribution is -0.138. The van der Waals surface area contributed by atoms with Gasteiger partial charge in [0.2, 0.25) is 0 Å². The van der Waals surface area contributed by atoms with Crippen LogP contribution in [0, 0.1) is 0 Å². The SMILES string of the molecule is C[C@H](C(=O)O)c1ccc2cc(OCc3ccc4ccccc4n3)ccc2c1.NC(CO)(CO)CO. The molecular weight excluding hydrogens is 448 g/mol. The minimum atomic E-state index is -1.21. The zero-order chi connectivity index (χ0) is 25.4. The minimum absolute atomic E-state index is 0.393. The molecule has 184 valence electrons. The Bertz CT molecular complexity index is 1280. The van der Waals surface area contributed by atoms with Crippen molar-refractivity contribution < 1.29 is 30.0 Å². The molecule has 0 saturated carbocycles. The summed E-state index contributed by atoms with van der Waals surface area (Å²) in [6, 6.07) is 23.6. The standard InChI is InChI=1S/C23H19NO3.C4H11NO3/c1-15(23(25)26)17-6-7-19-13-21(11-9-18(19)12-17)27-14-20-10-8-16-4-2-3-5-22(16)24-20;5-4(1-6,2-7)3-8/h2-13,15H,14H2,1H3,(H,25,26);6-8H,1-3,5H2/t15-;/m0./s1. The number of nitrogens with two attached hydrogens (primary N) is 1. The van der Waals surface area contributed by atoms with Gasteiger partial charge < -0.3 is 30.9 Å². The summed E-state index contributed by atoms with van der Waals surface area (Å²) in [5.41, 5.74) is 6.56. The van der Waals surface area contributed by atoms with Crippen molar-refractivity contribution in [1.82, 2.24) is 4.98 Å². The van der Waals surface area contributed by atoms with Crippen LogP contribution in [0.2, 0.25) is 0 Å². The number of hydrogen-bond acceptors (Lipinski definition) is 7. The van der Waals surface area contributed by atoms with Gasteiger partial charge in [-0.25, -0.2) is 4.98 Å². The smallest absolute Gasteiger partial charge is 0.310 e. The zero-order valence-electron chi connectivity index (χ0n) is 19.5. The predicted molar refractivity (Wildman–Crippen MR) is 134 cm³/mol. The lowest BCUT2D eigenvalue weighted by Gasteiger charge is -2.20. The number of aliphatic hydroxyl groups is 3. The van der Waals surface area contributed by atoms with Gasteiger partial charge in [0.1, 0.15) is 12.4 Å². The topological polar surface area (TPSA) is 146 Å². The van der Waals surface area contributed by atoms with Gasteiger partial charge in [-0.2, -0.15) is 0 Å². The van der Waals surface area contributed by atoms with Gasteiger partial charge in [0, 0.05) is 5.39 Å². The van der Waals surface area contributed by atoms with Crippen LogP contribution in [-0.4, -0.2) is 56.7 Å². The minimum Gasteiger partial charge on any atom is -0.487 e. The molecule has 0 saturated heterocycles. The second-order valence-corrected chi connectivity index (χ2v) is 8.45. The second-order valence-electron chi connectivity index (χ2n) is 8.45. The average molecular weight is 479 g/mol. The van der Waals surface area contributed by atoms with E-state index >= 15 is 0 Å². The molecule has 0 amide bonds. The molecule has 3 aromatic carbocycles. The third kappa shape index (κ3) is 6.74. The average Bonchev–Trinajstić information content (AvgIpc) is 2.90. The third-order valence-electron chi connectivity index (χ3n) is 5.69. The Morgan fingerprint density at radius 3 is 2.20 bits per heavy atom. The van der Waals surface area contributed by atoms with Crippen LogP contribution >= 0.6 is 0 Å². The van der Waals surface area contributed by atoms with Crippen molar-refractivity contribution in [2.75, 3.05) is 19.8 Å². The van der Waals surface area contributed by atoms with E-state index in [2.05, 4.69) is 4.98 Å². The highest BCUT2D eigenvalue weighted by atomic mass is 16.5. The number of fused-ring (bicyclic) bond motifs is 2. The molecule has 0 spiro atoms. The van der Waals surface area contributed by atoms with Gasteiger partial charge >= 0.3 is 5.97 Å². The number of ether oxygens (including phenoxy) is 1. The van der Waals surface area contributed by atoms with E-state index in [4.69, 9.17) is 30.9 Å². The maximum atomic E-state index is 11.2. The largest absolute Gasteiger partial charge is 0.487 e. The van der Waals surface area contributed by atoms with Crippen LogP contribution in [0.25, 0.3) is 21.7 Å². The number of aromatic nitrogens is 1. The van der Waals surface area contributed by atoms with Crippen molar-refractivity contribution in [3.8, 4) is 5.75 Å². The van der Waals surface area contributed by atoms with Crippen LogP contribution in [0.5, 0.6) is 5.75 Å². The van der Waals surface area contributed by atoms with Gasteiger partial charge in [0.05, 0.1) is 42.5 Å². The lowest BCUT2D eigenvalue weighted by Crippen LogP contribution is -2.50. The summed E-state index contributed by atoms with van der Waals surface area (Å²) < 4.78 is 5.91. The molecule has 1 aromatic heterocycles. The second kappa shape index (κ2) is 11.7. The van der Waals surface area contributed by atoms with Crippen molar-refractivity contribution in [3.05, 3.63) is 84.1 Å². The zero-order valence-corrected chi connectivity index (χ0v) is 19.5. The summed E-state index contributed by atoms with van der Waals surface area (Å²) in [5, 5.41) is 37.3. The summed E-state index contributed by atoms with van der Waals surface area (Å²) in [7, 11) is 0. The van der Waals surface area contributed by atoms with Crippen LogP contribution < -0.4 is 10.5 Å². The number of aliphatic carboxylic acids is 1. The van der Waals surface area contributed by atoms with Crippen LogP contribution in [0.15, 0.2) is 72.8 Å². The molecule has 0 fully saturated rings. The highest BCUT2D eigenvalue weighted by molar-refractivity contribution is 5.86. The fraction of sp³-hybridized carbons (Fsp3) is 0.259. The molecule has 0 unspecified atom stereocenters. The van der Waals surface area contributed by atoms with Crippen LogP contribution in [0.1, 0.15) is 24.1 Å². The van der Waals surface area contributed by atoms with E-state index in [-0.39, 0.29) is 0 Å². The van der Waals surface area contributed by atoms with E-state index in [1.54, 1.807) is 6.92 Å². The summed E-state index contributed by atoms with van der Waals surface area (Å²) in [5.74, 6) is -0.585. The van der Waals surface area contributed by atoms with E-state index in [1.165, 1.54) is 0 Å². The molecule has 0 aliphatic heterocycles. The van der Waals surface area contributed by atoms with Gasteiger partial charge in [-0.3, -0.25) is 4.79 Å². The van der Waals surface area contributed by atoms with E-state index in [1.807, 2.05) is 72.8 Å². The molecule has 8 heteroatoms. The molecular formula is C27H30N2O6. The first kappa shape index (κ1) is 26.1. The van der Waals surface area contributed by atoms with Gasteiger partial charge in [0.25, 0.3) is 0 Å². The normalized spacial score (nSPS) is 12.1. The summed E-state index contributed by atoms with van der Waals surface area (Å²) >= 11 is 0.